The van der Waals surface area contributed by atoms with E-state index in [1.165, 1.54) is 12.8 Å². The van der Waals surface area contributed by atoms with Crippen molar-refractivity contribution in [3.05, 3.63) is 11.9 Å². The summed E-state index contributed by atoms with van der Waals surface area (Å²) in [5.74, 6) is 3.48. The van der Waals surface area contributed by atoms with E-state index in [1.807, 2.05) is 6.07 Å². The molecule has 0 bridgehead atoms. The minimum atomic E-state index is 0.493. The van der Waals surface area contributed by atoms with Crippen LogP contribution in [0.25, 0.3) is 0 Å². The Balaban J connectivity index is 1.97. The van der Waals surface area contributed by atoms with Crippen molar-refractivity contribution in [2.45, 2.75) is 39.0 Å². The Morgan fingerprint density at radius 1 is 1.35 bits per heavy atom. The van der Waals surface area contributed by atoms with Gasteiger partial charge in [-0.3, -0.25) is 0 Å². The third-order valence-corrected chi connectivity index (χ3v) is 3.06. The Labute approximate surface area is 121 Å². The molecule has 20 heavy (non-hydrogen) atoms. The van der Waals surface area contributed by atoms with Crippen molar-refractivity contribution in [2.24, 2.45) is 5.92 Å². The molecule has 0 saturated heterocycles. The topological polar surface area (TPSA) is 56.3 Å². The van der Waals surface area contributed by atoms with Crippen LogP contribution in [0, 0.1) is 5.92 Å². The highest BCUT2D eigenvalue weighted by atomic mass is 16.5. The molecule has 1 aliphatic rings. The second kappa shape index (κ2) is 7.43. The van der Waals surface area contributed by atoms with E-state index in [0.29, 0.717) is 24.3 Å². The van der Waals surface area contributed by atoms with Gasteiger partial charge < -0.3 is 14.8 Å². The number of anilines is 1. The van der Waals surface area contributed by atoms with Gasteiger partial charge in [0.25, 0.3) is 0 Å². The van der Waals surface area contributed by atoms with Crippen LogP contribution < -0.4 is 10.1 Å². The van der Waals surface area contributed by atoms with E-state index in [-0.39, 0.29) is 0 Å². The molecule has 0 aromatic carbocycles. The number of nitrogens with one attached hydrogen (secondary N) is 1. The molecule has 1 aliphatic carbocycles. The first-order valence-electron chi connectivity index (χ1n) is 7.43. The van der Waals surface area contributed by atoms with E-state index in [9.17, 15) is 0 Å². The number of nitrogens with zero attached hydrogens (tertiary/aromatic N) is 2. The minimum Gasteiger partial charge on any atom is -0.477 e. The van der Waals surface area contributed by atoms with E-state index in [2.05, 4.69) is 29.1 Å². The summed E-state index contributed by atoms with van der Waals surface area (Å²) in [5, 5.41) is 3.32. The lowest BCUT2D eigenvalue weighted by atomic mass is 10.2. The van der Waals surface area contributed by atoms with Crippen molar-refractivity contribution < 1.29 is 9.47 Å². The smallest absolute Gasteiger partial charge is 0.218 e. The van der Waals surface area contributed by atoms with Gasteiger partial charge in [0, 0.05) is 32.2 Å². The fraction of sp³-hybridized carbons (Fsp3) is 0.733. The average molecular weight is 279 g/mol. The molecule has 1 fully saturated rings. The van der Waals surface area contributed by atoms with Crippen LogP contribution in [0.3, 0.4) is 0 Å². The van der Waals surface area contributed by atoms with Crippen LogP contribution in [-0.2, 0) is 4.74 Å². The van der Waals surface area contributed by atoms with Crippen LogP contribution >= 0.6 is 0 Å². The first-order chi connectivity index (χ1) is 9.69. The summed E-state index contributed by atoms with van der Waals surface area (Å²) in [6.07, 6.45) is 3.34. The quantitative estimate of drug-likeness (QED) is 0.704. The zero-order valence-electron chi connectivity index (χ0n) is 12.7. The normalized spacial score (nSPS) is 14.6. The highest BCUT2D eigenvalue weighted by Gasteiger charge is 2.27. The first kappa shape index (κ1) is 15.0. The second-order valence-electron chi connectivity index (χ2n) is 5.70. The van der Waals surface area contributed by atoms with Gasteiger partial charge in [-0.05, 0) is 25.2 Å². The van der Waals surface area contributed by atoms with Gasteiger partial charge in [-0.2, -0.15) is 4.98 Å². The summed E-state index contributed by atoms with van der Waals surface area (Å²) in [6, 6.07) is 1.89. The Kier molecular flexibility index (Phi) is 5.59. The van der Waals surface area contributed by atoms with Crippen LogP contribution in [0.5, 0.6) is 5.88 Å². The highest BCUT2D eigenvalue weighted by molar-refractivity contribution is 5.39. The van der Waals surface area contributed by atoms with Gasteiger partial charge in [0.1, 0.15) is 11.6 Å². The Morgan fingerprint density at radius 3 is 2.80 bits per heavy atom. The van der Waals surface area contributed by atoms with E-state index in [1.54, 1.807) is 7.11 Å². The third-order valence-electron chi connectivity index (χ3n) is 3.06. The lowest BCUT2D eigenvalue weighted by Gasteiger charge is -2.12. The summed E-state index contributed by atoms with van der Waals surface area (Å²) in [7, 11) is 1.72. The second-order valence-corrected chi connectivity index (χ2v) is 5.70. The number of hydrogen-bond acceptors (Lipinski definition) is 5. The summed E-state index contributed by atoms with van der Waals surface area (Å²) < 4.78 is 10.8. The lowest BCUT2D eigenvalue weighted by Crippen LogP contribution is -2.10. The molecule has 1 saturated carbocycles. The maximum atomic E-state index is 5.74. The molecule has 1 aromatic heterocycles. The summed E-state index contributed by atoms with van der Waals surface area (Å²) in [4.78, 5) is 9.09. The third kappa shape index (κ3) is 4.96. The molecule has 5 nitrogen and oxygen atoms in total. The van der Waals surface area contributed by atoms with Crippen molar-refractivity contribution in [3.63, 3.8) is 0 Å². The SMILES string of the molecule is COCCCNc1cc(OCC(C)C)nc(C2CC2)n1. The van der Waals surface area contributed by atoms with Gasteiger partial charge in [0.2, 0.25) is 5.88 Å². The Bertz CT molecular complexity index is 420. The molecule has 2 rings (SSSR count). The summed E-state index contributed by atoms with van der Waals surface area (Å²) in [6.45, 7) is 6.55. The van der Waals surface area contributed by atoms with E-state index in [4.69, 9.17) is 9.47 Å². The van der Waals surface area contributed by atoms with Gasteiger partial charge in [-0.1, -0.05) is 13.8 Å². The van der Waals surface area contributed by atoms with Crippen LogP contribution in [-0.4, -0.2) is 36.8 Å². The lowest BCUT2D eigenvalue weighted by molar-refractivity contribution is 0.197. The monoisotopic (exact) mass is 279 g/mol. The number of methoxy groups -OCH3 is 1. The maximum absolute atomic E-state index is 5.74. The molecule has 0 aliphatic heterocycles. The average Bonchev–Trinajstić information content (AvgIpc) is 3.26. The molecule has 0 amide bonds. The van der Waals surface area contributed by atoms with Crippen molar-refractivity contribution in [1.29, 1.82) is 0 Å². The molecule has 112 valence electrons. The molecule has 0 radical (unpaired) electrons. The molecule has 0 unspecified atom stereocenters. The predicted octanol–water partition coefficient (Wildman–Crippen LogP) is 2.84. The molecule has 1 heterocycles. The Morgan fingerprint density at radius 2 is 2.15 bits per heavy atom. The Hall–Kier alpha value is -1.36. The van der Waals surface area contributed by atoms with E-state index < -0.39 is 0 Å². The standard InChI is InChI=1S/C15H25N3O2/c1-11(2)10-20-14-9-13(16-7-4-8-19-3)17-15(18-14)12-5-6-12/h9,11-12H,4-8,10H2,1-3H3,(H,16,17,18). The van der Waals surface area contributed by atoms with Gasteiger partial charge in [0.05, 0.1) is 6.61 Å². The zero-order chi connectivity index (χ0) is 14.4. The largest absolute Gasteiger partial charge is 0.477 e. The molecule has 1 aromatic rings. The van der Waals surface area contributed by atoms with Gasteiger partial charge in [-0.25, -0.2) is 4.98 Å². The predicted molar refractivity (Wildman–Crippen MR) is 79.3 cm³/mol. The van der Waals surface area contributed by atoms with Crippen LogP contribution in [0.1, 0.15) is 44.9 Å². The van der Waals surface area contributed by atoms with Crippen molar-refractivity contribution >= 4 is 5.82 Å². The van der Waals surface area contributed by atoms with Crippen molar-refractivity contribution in [3.8, 4) is 5.88 Å². The maximum Gasteiger partial charge on any atom is 0.218 e. The molecule has 5 heteroatoms. The fourth-order valence-electron chi connectivity index (χ4n) is 1.82. The minimum absolute atomic E-state index is 0.493. The highest BCUT2D eigenvalue weighted by Crippen LogP contribution is 2.39. The van der Waals surface area contributed by atoms with Crippen LogP contribution in [0.15, 0.2) is 6.07 Å². The van der Waals surface area contributed by atoms with Crippen LogP contribution in [0.2, 0.25) is 0 Å². The fourth-order valence-corrected chi connectivity index (χ4v) is 1.82. The van der Waals surface area contributed by atoms with Gasteiger partial charge in [-0.15, -0.1) is 0 Å². The zero-order valence-corrected chi connectivity index (χ0v) is 12.7. The first-order valence-corrected chi connectivity index (χ1v) is 7.43. The van der Waals surface area contributed by atoms with Crippen molar-refractivity contribution in [1.82, 2.24) is 9.97 Å². The van der Waals surface area contributed by atoms with Gasteiger partial charge >= 0.3 is 0 Å². The summed E-state index contributed by atoms with van der Waals surface area (Å²) >= 11 is 0. The van der Waals surface area contributed by atoms with E-state index in [0.717, 1.165) is 31.2 Å². The molecule has 0 spiro atoms. The molecule has 1 N–H and O–H groups in total. The molecule has 0 atom stereocenters. The molecular formula is C15H25N3O2. The van der Waals surface area contributed by atoms with E-state index >= 15 is 0 Å². The summed E-state index contributed by atoms with van der Waals surface area (Å²) in [5.41, 5.74) is 0. The number of ether oxygens (including phenoxy) is 2. The van der Waals surface area contributed by atoms with Gasteiger partial charge in [0.15, 0.2) is 0 Å². The molecular weight excluding hydrogens is 254 g/mol. The van der Waals surface area contributed by atoms with Crippen LogP contribution in [0.4, 0.5) is 5.82 Å². The number of hydrogen-bond donors (Lipinski definition) is 1. The van der Waals surface area contributed by atoms with Crippen molar-refractivity contribution in [2.75, 3.05) is 32.2 Å². The number of rotatable bonds is 9. The number of aromatic nitrogens is 2.